The Morgan fingerprint density at radius 1 is 1.10 bits per heavy atom. The number of rotatable bonds is 7. The zero-order valence-corrected chi connectivity index (χ0v) is 18.3. The van der Waals surface area contributed by atoms with Crippen LogP contribution in [0.5, 0.6) is 5.75 Å². The molecule has 1 amide bonds. The Morgan fingerprint density at radius 3 is 2.61 bits per heavy atom. The largest absolute Gasteiger partial charge is 0.497 e. The molecule has 5 nitrogen and oxygen atoms in total. The summed E-state index contributed by atoms with van der Waals surface area (Å²) in [6.45, 7) is 2.63. The first kappa shape index (κ1) is 20.9. The SMILES string of the molecule is COc1ccc(Cn2c(CCC(=O)Nc3ccc(C)cc3Cl)nc3ccccc32)cc1. The number of anilines is 1. The highest BCUT2D eigenvalue weighted by Crippen LogP contribution is 2.24. The summed E-state index contributed by atoms with van der Waals surface area (Å²) in [6, 6.07) is 21.6. The summed E-state index contributed by atoms with van der Waals surface area (Å²) >= 11 is 6.24. The molecule has 1 aromatic heterocycles. The van der Waals surface area contributed by atoms with E-state index in [0.717, 1.165) is 33.7 Å². The van der Waals surface area contributed by atoms with E-state index in [0.29, 0.717) is 30.1 Å². The fourth-order valence-electron chi connectivity index (χ4n) is 3.57. The smallest absolute Gasteiger partial charge is 0.224 e. The van der Waals surface area contributed by atoms with Gasteiger partial charge in [0.1, 0.15) is 11.6 Å². The van der Waals surface area contributed by atoms with Crippen LogP contribution >= 0.6 is 11.6 Å². The Kier molecular flexibility index (Phi) is 6.23. The van der Waals surface area contributed by atoms with Crippen LogP contribution in [0.2, 0.25) is 5.02 Å². The van der Waals surface area contributed by atoms with E-state index in [1.165, 1.54) is 0 Å². The lowest BCUT2D eigenvalue weighted by Gasteiger charge is -2.11. The van der Waals surface area contributed by atoms with E-state index in [1.807, 2.05) is 67.6 Å². The summed E-state index contributed by atoms with van der Waals surface area (Å²) in [5.41, 5.74) is 4.80. The van der Waals surface area contributed by atoms with E-state index < -0.39 is 0 Å². The van der Waals surface area contributed by atoms with Gasteiger partial charge in [-0.1, -0.05) is 41.9 Å². The number of ether oxygens (including phenoxy) is 1. The second-order valence-corrected chi connectivity index (χ2v) is 7.89. The number of fused-ring (bicyclic) bond motifs is 1. The fraction of sp³-hybridized carbons (Fsp3) is 0.200. The Balaban J connectivity index is 1.52. The Bertz CT molecular complexity index is 1220. The molecule has 0 radical (unpaired) electrons. The lowest BCUT2D eigenvalue weighted by Crippen LogP contribution is -2.14. The van der Waals surface area contributed by atoms with Crippen LogP contribution in [0.3, 0.4) is 0 Å². The van der Waals surface area contributed by atoms with Gasteiger partial charge in [-0.25, -0.2) is 4.98 Å². The highest BCUT2D eigenvalue weighted by Gasteiger charge is 2.13. The van der Waals surface area contributed by atoms with Crippen molar-refractivity contribution in [1.29, 1.82) is 0 Å². The molecule has 4 aromatic rings. The molecule has 1 N–H and O–H groups in total. The minimum atomic E-state index is -0.0891. The number of nitrogens with one attached hydrogen (secondary N) is 1. The second kappa shape index (κ2) is 9.23. The molecule has 4 rings (SSSR count). The summed E-state index contributed by atoms with van der Waals surface area (Å²) in [4.78, 5) is 17.3. The van der Waals surface area contributed by atoms with Gasteiger partial charge in [0, 0.05) is 19.4 Å². The molecule has 1 heterocycles. The Morgan fingerprint density at radius 2 is 1.87 bits per heavy atom. The summed E-state index contributed by atoms with van der Waals surface area (Å²) in [6.07, 6.45) is 0.844. The van der Waals surface area contributed by atoms with Crippen LogP contribution in [-0.2, 0) is 17.8 Å². The molecular weight excluding hydrogens is 410 g/mol. The van der Waals surface area contributed by atoms with Crippen molar-refractivity contribution in [3.63, 3.8) is 0 Å². The van der Waals surface area contributed by atoms with Gasteiger partial charge < -0.3 is 14.6 Å². The molecule has 31 heavy (non-hydrogen) atoms. The number of hydrogen-bond donors (Lipinski definition) is 1. The van der Waals surface area contributed by atoms with Gasteiger partial charge >= 0.3 is 0 Å². The molecule has 0 saturated carbocycles. The van der Waals surface area contributed by atoms with Crippen LogP contribution in [0.4, 0.5) is 5.69 Å². The average Bonchev–Trinajstić information content (AvgIpc) is 3.12. The predicted octanol–water partition coefficient (Wildman–Crippen LogP) is 5.63. The molecule has 0 aliphatic carbocycles. The number of aromatic nitrogens is 2. The monoisotopic (exact) mass is 433 g/mol. The zero-order valence-electron chi connectivity index (χ0n) is 17.6. The summed E-state index contributed by atoms with van der Waals surface area (Å²) in [7, 11) is 1.66. The maximum Gasteiger partial charge on any atom is 0.224 e. The van der Waals surface area contributed by atoms with Gasteiger partial charge in [-0.15, -0.1) is 0 Å². The van der Waals surface area contributed by atoms with Crippen molar-refractivity contribution in [2.75, 3.05) is 12.4 Å². The van der Waals surface area contributed by atoms with Crippen molar-refractivity contribution in [3.8, 4) is 5.75 Å². The van der Waals surface area contributed by atoms with Crippen molar-refractivity contribution in [2.24, 2.45) is 0 Å². The molecule has 0 unspecified atom stereocenters. The molecule has 0 aliphatic heterocycles. The molecule has 6 heteroatoms. The minimum Gasteiger partial charge on any atom is -0.497 e. The number of carbonyl (C=O) groups is 1. The normalized spacial score (nSPS) is 10.9. The molecular formula is C25H24ClN3O2. The molecule has 0 aliphatic rings. The van der Waals surface area contributed by atoms with E-state index in [4.69, 9.17) is 21.3 Å². The van der Waals surface area contributed by atoms with E-state index in [9.17, 15) is 4.79 Å². The van der Waals surface area contributed by atoms with Gasteiger partial charge in [0.15, 0.2) is 0 Å². The first-order valence-corrected chi connectivity index (χ1v) is 10.5. The van der Waals surface area contributed by atoms with Gasteiger partial charge in [-0.05, 0) is 54.4 Å². The van der Waals surface area contributed by atoms with Crippen LogP contribution in [0.25, 0.3) is 11.0 Å². The summed E-state index contributed by atoms with van der Waals surface area (Å²) < 4.78 is 7.42. The van der Waals surface area contributed by atoms with Crippen molar-refractivity contribution >= 4 is 34.2 Å². The number of carbonyl (C=O) groups excluding carboxylic acids is 1. The quantitative estimate of drug-likeness (QED) is 0.411. The van der Waals surface area contributed by atoms with Gasteiger partial charge in [0.05, 0.1) is 28.9 Å². The highest BCUT2D eigenvalue weighted by molar-refractivity contribution is 6.33. The number of imidazole rings is 1. The molecule has 0 saturated heterocycles. The zero-order chi connectivity index (χ0) is 21.8. The lowest BCUT2D eigenvalue weighted by atomic mass is 10.2. The van der Waals surface area contributed by atoms with Crippen molar-refractivity contribution in [1.82, 2.24) is 9.55 Å². The summed E-state index contributed by atoms with van der Waals surface area (Å²) in [5.74, 6) is 1.61. The van der Waals surface area contributed by atoms with Gasteiger partial charge in [0.2, 0.25) is 5.91 Å². The van der Waals surface area contributed by atoms with Crippen LogP contribution < -0.4 is 10.1 Å². The topological polar surface area (TPSA) is 56.1 Å². The maximum atomic E-state index is 12.6. The average molecular weight is 434 g/mol. The fourth-order valence-corrected chi connectivity index (χ4v) is 3.85. The minimum absolute atomic E-state index is 0.0891. The van der Waals surface area contributed by atoms with Crippen LogP contribution in [0.15, 0.2) is 66.7 Å². The molecule has 0 atom stereocenters. The highest BCUT2D eigenvalue weighted by atomic mass is 35.5. The first-order valence-electron chi connectivity index (χ1n) is 10.2. The number of para-hydroxylation sites is 2. The molecule has 0 bridgehead atoms. The number of amides is 1. The van der Waals surface area contributed by atoms with E-state index in [1.54, 1.807) is 7.11 Å². The van der Waals surface area contributed by atoms with Crippen molar-refractivity contribution in [2.45, 2.75) is 26.3 Å². The third kappa shape index (κ3) is 4.89. The number of halogens is 1. The molecule has 3 aromatic carbocycles. The third-order valence-corrected chi connectivity index (χ3v) is 5.52. The number of aryl methyl sites for hydroxylation is 2. The van der Waals surface area contributed by atoms with Gasteiger partial charge in [-0.2, -0.15) is 0 Å². The molecule has 0 spiro atoms. The first-order chi connectivity index (χ1) is 15.0. The maximum absolute atomic E-state index is 12.6. The number of nitrogens with zero attached hydrogens (tertiary/aromatic N) is 2. The van der Waals surface area contributed by atoms with E-state index in [2.05, 4.69) is 16.0 Å². The summed E-state index contributed by atoms with van der Waals surface area (Å²) in [5, 5.41) is 3.44. The number of methoxy groups -OCH3 is 1. The van der Waals surface area contributed by atoms with Crippen LogP contribution in [-0.4, -0.2) is 22.6 Å². The van der Waals surface area contributed by atoms with E-state index in [-0.39, 0.29) is 5.91 Å². The van der Waals surface area contributed by atoms with Crippen LogP contribution in [0.1, 0.15) is 23.4 Å². The van der Waals surface area contributed by atoms with Gasteiger partial charge in [0.25, 0.3) is 0 Å². The Labute approximate surface area is 186 Å². The van der Waals surface area contributed by atoms with Crippen molar-refractivity contribution in [3.05, 3.63) is 88.7 Å². The Hall–Kier alpha value is -3.31. The van der Waals surface area contributed by atoms with E-state index >= 15 is 0 Å². The van der Waals surface area contributed by atoms with Crippen LogP contribution in [0, 0.1) is 6.92 Å². The number of benzene rings is 3. The molecule has 0 fully saturated rings. The standard InChI is InChI=1S/C25H24ClN3O2/c1-17-7-12-21(20(26)15-17)28-25(30)14-13-24-27-22-5-3-4-6-23(22)29(24)16-18-8-10-19(31-2)11-9-18/h3-12,15H,13-14,16H2,1-2H3,(H,28,30). The third-order valence-electron chi connectivity index (χ3n) is 5.21. The molecule has 158 valence electrons. The van der Waals surface area contributed by atoms with Crippen molar-refractivity contribution < 1.29 is 9.53 Å². The predicted molar refractivity (Wildman–Crippen MR) is 125 cm³/mol. The lowest BCUT2D eigenvalue weighted by molar-refractivity contribution is -0.116. The second-order valence-electron chi connectivity index (χ2n) is 7.48. The van der Waals surface area contributed by atoms with Gasteiger partial charge in [-0.3, -0.25) is 4.79 Å². The number of hydrogen-bond acceptors (Lipinski definition) is 3.